The third-order valence-electron chi connectivity index (χ3n) is 3.74. The molecule has 0 heterocycles. The van der Waals surface area contributed by atoms with Crippen LogP contribution >= 0.6 is 0 Å². The number of aromatic hydroxyl groups is 1. The van der Waals surface area contributed by atoms with Gasteiger partial charge in [-0.15, -0.1) is 0 Å². The first-order valence-electron chi connectivity index (χ1n) is 8.16. The Morgan fingerprint density at radius 2 is 2.07 bits per heavy atom. The first-order chi connectivity index (χ1) is 13.0. The van der Waals surface area contributed by atoms with Gasteiger partial charge < -0.3 is 15.2 Å². The molecule has 0 aromatic heterocycles. The molecule has 1 atom stereocenters. The van der Waals surface area contributed by atoms with Gasteiger partial charge in [-0.1, -0.05) is 25.1 Å². The first kappa shape index (κ1) is 19.7. The van der Waals surface area contributed by atoms with Gasteiger partial charge in [-0.05, 0) is 24.6 Å². The van der Waals surface area contributed by atoms with Crippen LogP contribution in [0.2, 0.25) is 0 Å². The van der Waals surface area contributed by atoms with E-state index in [4.69, 9.17) is 4.74 Å². The number of anilines is 1. The van der Waals surface area contributed by atoms with Crippen LogP contribution in [0, 0.1) is 10.1 Å². The van der Waals surface area contributed by atoms with Crippen LogP contribution in [0.5, 0.6) is 11.5 Å². The average Bonchev–Trinajstić information content (AvgIpc) is 2.67. The molecule has 3 N–H and O–H groups in total. The van der Waals surface area contributed by atoms with E-state index in [2.05, 4.69) is 15.8 Å². The number of amides is 1. The SMILES string of the molecule is CC[C@H](Nc1ccccc1)C(=O)N/N=C/c1cc(OC)cc([N+](=O)[O-])c1O. The molecular weight excluding hydrogens is 352 g/mol. The Morgan fingerprint density at radius 1 is 1.37 bits per heavy atom. The molecule has 1 amide bonds. The summed E-state index contributed by atoms with van der Waals surface area (Å²) in [6.45, 7) is 1.85. The lowest BCUT2D eigenvalue weighted by atomic mass is 10.1. The van der Waals surface area contributed by atoms with E-state index >= 15 is 0 Å². The zero-order valence-corrected chi connectivity index (χ0v) is 14.9. The fourth-order valence-electron chi connectivity index (χ4n) is 2.30. The Hall–Kier alpha value is -3.62. The number of nitro benzene ring substituents is 1. The Bertz CT molecular complexity index is 839. The predicted molar refractivity (Wildman–Crippen MR) is 101 cm³/mol. The third-order valence-corrected chi connectivity index (χ3v) is 3.74. The second kappa shape index (κ2) is 9.18. The Labute approximate surface area is 155 Å². The van der Waals surface area contributed by atoms with Crippen LogP contribution < -0.4 is 15.5 Å². The highest BCUT2D eigenvalue weighted by atomic mass is 16.6. The zero-order valence-electron chi connectivity index (χ0n) is 14.9. The topological polar surface area (TPSA) is 126 Å². The van der Waals surface area contributed by atoms with Crippen LogP contribution in [0.25, 0.3) is 0 Å². The number of phenolic OH excluding ortho intramolecular Hbond substituents is 1. The lowest BCUT2D eigenvalue weighted by Gasteiger charge is -2.16. The van der Waals surface area contributed by atoms with Gasteiger partial charge in [0.05, 0.1) is 24.3 Å². The lowest BCUT2D eigenvalue weighted by Crippen LogP contribution is -2.36. The number of carbonyl (C=O) groups excluding carboxylic acids is 1. The molecule has 142 valence electrons. The number of hydrazone groups is 1. The van der Waals surface area contributed by atoms with Gasteiger partial charge in [0, 0.05) is 11.3 Å². The van der Waals surface area contributed by atoms with Crippen molar-refractivity contribution in [2.24, 2.45) is 5.10 Å². The van der Waals surface area contributed by atoms with Gasteiger partial charge in [0.25, 0.3) is 5.91 Å². The summed E-state index contributed by atoms with van der Waals surface area (Å²) in [7, 11) is 1.35. The highest BCUT2D eigenvalue weighted by Crippen LogP contribution is 2.33. The van der Waals surface area contributed by atoms with Crippen molar-refractivity contribution in [1.29, 1.82) is 0 Å². The summed E-state index contributed by atoms with van der Waals surface area (Å²) in [6.07, 6.45) is 1.64. The Balaban J connectivity index is 2.10. The molecule has 0 saturated heterocycles. The first-order valence-corrected chi connectivity index (χ1v) is 8.16. The van der Waals surface area contributed by atoms with Crippen LogP contribution in [0.3, 0.4) is 0 Å². The number of nitro groups is 1. The zero-order chi connectivity index (χ0) is 19.8. The van der Waals surface area contributed by atoms with Crippen LogP contribution in [0.4, 0.5) is 11.4 Å². The van der Waals surface area contributed by atoms with Crippen LogP contribution in [0.1, 0.15) is 18.9 Å². The van der Waals surface area contributed by atoms with Gasteiger partial charge >= 0.3 is 5.69 Å². The number of methoxy groups -OCH3 is 1. The summed E-state index contributed by atoms with van der Waals surface area (Å²) < 4.78 is 4.98. The van der Waals surface area contributed by atoms with E-state index in [-0.39, 0.29) is 17.2 Å². The van der Waals surface area contributed by atoms with Crippen molar-refractivity contribution in [3.63, 3.8) is 0 Å². The number of nitrogens with one attached hydrogen (secondary N) is 2. The lowest BCUT2D eigenvalue weighted by molar-refractivity contribution is -0.385. The number of para-hydroxylation sites is 1. The molecule has 0 aliphatic carbocycles. The molecule has 2 aromatic rings. The molecule has 2 rings (SSSR count). The van der Waals surface area contributed by atoms with E-state index in [1.165, 1.54) is 13.2 Å². The number of nitrogens with zero attached hydrogens (tertiary/aromatic N) is 2. The summed E-state index contributed by atoms with van der Waals surface area (Å²) in [5.74, 6) is -0.757. The number of benzene rings is 2. The van der Waals surface area contributed by atoms with E-state index in [9.17, 15) is 20.0 Å². The van der Waals surface area contributed by atoms with Gasteiger partial charge in [0.2, 0.25) is 5.75 Å². The quantitative estimate of drug-likeness (QED) is 0.371. The van der Waals surface area contributed by atoms with Crippen molar-refractivity contribution in [2.75, 3.05) is 12.4 Å². The van der Waals surface area contributed by atoms with Crippen LogP contribution in [0.15, 0.2) is 47.6 Å². The van der Waals surface area contributed by atoms with Crippen LogP contribution in [-0.4, -0.2) is 35.3 Å². The maximum absolute atomic E-state index is 12.3. The molecule has 27 heavy (non-hydrogen) atoms. The molecule has 9 heteroatoms. The maximum atomic E-state index is 12.3. The highest BCUT2D eigenvalue weighted by Gasteiger charge is 2.19. The summed E-state index contributed by atoms with van der Waals surface area (Å²) in [5, 5.41) is 27.8. The van der Waals surface area contributed by atoms with Crippen molar-refractivity contribution in [3.05, 3.63) is 58.1 Å². The van der Waals surface area contributed by atoms with E-state index in [1.807, 2.05) is 37.3 Å². The van der Waals surface area contributed by atoms with Crippen LogP contribution in [-0.2, 0) is 4.79 Å². The van der Waals surface area contributed by atoms with Crippen molar-refractivity contribution >= 4 is 23.5 Å². The fraction of sp³-hybridized carbons (Fsp3) is 0.222. The summed E-state index contributed by atoms with van der Waals surface area (Å²) in [6, 6.07) is 11.2. The Morgan fingerprint density at radius 3 is 2.67 bits per heavy atom. The van der Waals surface area contributed by atoms with E-state index < -0.39 is 22.4 Å². The second-order valence-corrected chi connectivity index (χ2v) is 5.55. The predicted octanol–water partition coefficient (Wildman–Crippen LogP) is 2.65. The summed E-state index contributed by atoms with van der Waals surface area (Å²) in [4.78, 5) is 22.5. The number of hydrogen-bond acceptors (Lipinski definition) is 7. The van der Waals surface area contributed by atoms with E-state index in [1.54, 1.807) is 0 Å². The third kappa shape index (κ3) is 5.18. The monoisotopic (exact) mass is 372 g/mol. The number of ether oxygens (including phenoxy) is 1. The second-order valence-electron chi connectivity index (χ2n) is 5.55. The summed E-state index contributed by atoms with van der Waals surface area (Å²) in [5.41, 5.74) is 2.69. The normalized spacial score (nSPS) is 11.8. The molecule has 0 bridgehead atoms. The van der Waals surface area contributed by atoms with E-state index in [0.29, 0.717) is 6.42 Å². The van der Waals surface area contributed by atoms with E-state index in [0.717, 1.165) is 18.0 Å². The maximum Gasteiger partial charge on any atom is 0.315 e. The largest absolute Gasteiger partial charge is 0.502 e. The van der Waals surface area contributed by atoms with Crippen molar-refractivity contribution in [3.8, 4) is 11.5 Å². The smallest absolute Gasteiger partial charge is 0.315 e. The van der Waals surface area contributed by atoms with Gasteiger partial charge in [0.1, 0.15) is 11.8 Å². The van der Waals surface area contributed by atoms with Crippen molar-refractivity contribution < 1.29 is 19.6 Å². The molecule has 9 nitrogen and oxygen atoms in total. The molecule has 0 aliphatic heterocycles. The number of rotatable bonds is 8. The van der Waals surface area contributed by atoms with Crippen molar-refractivity contribution in [2.45, 2.75) is 19.4 Å². The average molecular weight is 372 g/mol. The summed E-state index contributed by atoms with van der Waals surface area (Å²) >= 11 is 0. The minimum absolute atomic E-state index is 0.0467. The molecular formula is C18H20N4O5. The number of phenols is 1. The molecule has 0 unspecified atom stereocenters. The molecule has 0 radical (unpaired) electrons. The molecule has 0 saturated carbocycles. The highest BCUT2D eigenvalue weighted by molar-refractivity contribution is 5.89. The van der Waals surface area contributed by atoms with Gasteiger partial charge in [-0.3, -0.25) is 14.9 Å². The number of carbonyl (C=O) groups is 1. The molecule has 0 fully saturated rings. The fourth-order valence-corrected chi connectivity index (χ4v) is 2.30. The molecule has 2 aromatic carbocycles. The number of hydrogen-bond donors (Lipinski definition) is 3. The molecule has 0 aliphatic rings. The molecule has 0 spiro atoms. The van der Waals surface area contributed by atoms with Gasteiger partial charge in [0.15, 0.2) is 0 Å². The Kier molecular flexibility index (Phi) is 6.70. The van der Waals surface area contributed by atoms with Gasteiger partial charge in [-0.2, -0.15) is 5.10 Å². The van der Waals surface area contributed by atoms with Gasteiger partial charge in [-0.25, -0.2) is 5.43 Å². The van der Waals surface area contributed by atoms with Crippen molar-refractivity contribution in [1.82, 2.24) is 5.43 Å². The standard InChI is InChI=1S/C18H20N4O5/c1-3-15(20-13-7-5-4-6-8-13)18(24)21-19-11-12-9-14(27-2)10-16(17(12)23)22(25)26/h4-11,15,20,23H,3H2,1-2H3,(H,21,24)/b19-11+/t15-/m0/s1. The minimum atomic E-state index is -0.731. The minimum Gasteiger partial charge on any atom is -0.502 e.